The highest BCUT2D eigenvalue weighted by molar-refractivity contribution is 7.89. The summed E-state index contributed by atoms with van der Waals surface area (Å²) in [6.07, 6.45) is 1.35. The molecule has 0 unspecified atom stereocenters. The van der Waals surface area contributed by atoms with Gasteiger partial charge in [0, 0.05) is 19.8 Å². The summed E-state index contributed by atoms with van der Waals surface area (Å²) < 4.78 is 25.4. The quantitative estimate of drug-likeness (QED) is 0.850. The first-order valence-electron chi connectivity index (χ1n) is 5.22. The van der Waals surface area contributed by atoms with Gasteiger partial charge in [0.1, 0.15) is 11.0 Å². The van der Waals surface area contributed by atoms with E-state index >= 15 is 0 Å². The topological polar surface area (TPSA) is 94.3 Å². The Hall–Kier alpha value is -1.49. The summed E-state index contributed by atoms with van der Waals surface area (Å²) in [6.45, 7) is 2.94. The van der Waals surface area contributed by atoms with Gasteiger partial charge in [-0.25, -0.2) is 13.4 Å². The van der Waals surface area contributed by atoms with Gasteiger partial charge in [0.25, 0.3) is 0 Å². The van der Waals surface area contributed by atoms with E-state index in [9.17, 15) is 13.5 Å². The monoisotopic (exact) mass is 269 g/mol. The van der Waals surface area contributed by atoms with Crippen molar-refractivity contribution >= 4 is 10.0 Å². The van der Waals surface area contributed by atoms with Crippen LogP contribution in [0.2, 0.25) is 0 Å². The Kier molecular flexibility index (Phi) is 4.06. The van der Waals surface area contributed by atoms with Crippen LogP contribution in [-0.4, -0.2) is 42.0 Å². The first-order valence-corrected chi connectivity index (χ1v) is 6.66. The molecule has 0 atom stereocenters. The summed E-state index contributed by atoms with van der Waals surface area (Å²) in [7, 11) is -2.48. The van der Waals surface area contributed by atoms with Crippen molar-refractivity contribution in [1.29, 1.82) is 5.26 Å². The molecule has 0 fully saturated rings. The minimum Gasteiger partial charge on any atom is -0.389 e. The number of hydrogen-bond donors (Lipinski definition) is 1. The standard InChI is InChI=1S/C11H15N3O3S/c1-11(2,15)8-14(3)18(16,17)10-5-4-6-13-9(10)7-12/h4-6,15H,8H2,1-3H3. The average molecular weight is 269 g/mol. The van der Waals surface area contributed by atoms with E-state index in [1.165, 1.54) is 39.2 Å². The molecule has 6 nitrogen and oxygen atoms in total. The number of hydrogen-bond acceptors (Lipinski definition) is 5. The van der Waals surface area contributed by atoms with Gasteiger partial charge in [0.15, 0.2) is 5.69 Å². The van der Waals surface area contributed by atoms with Crippen molar-refractivity contribution in [3.05, 3.63) is 24.0 Å². The molecule has 1 aromatic heterocycles. The maximum Gasteiger partial charge on any atom is 0.245 e. The first kappa shape index (κ1) is 14.6. The molecule has 0 saturated carbocycles. The van der Waals surface area contributed by atoms with Crippen LogP contribution >= 0.6 is 0 Å². The number of nitrogens with zero attached hydrogens (tertiary/aromatic N) is 3. The Labute approximate surface area is 107 Å². The van der Waals surface area contributed by atoms with Crippen molar-refractivity contribution in [2.45, 2.75) is 24.3 Å². The minimum atomic E-state index is -3.83. The molecule has 0 aliphatic rings. The molecule has 0 aliphatic heterocycles. The molecule has 0 bridgehead atoms. The number of rotatable bonds is 4. The van der Waals surface area contributed by atoms with Crippen molar-refractivity contribution in [2.75, 3.05) is 13.6 Å². The van der Waals surface area contributed by atoms with E-state index < -0.39 is 15.6 Å². The summed E-state index contributed by atoms with van der Waals surface area (Å²) in [5.41, 5.74) is -1.31. The fourth-order valence-corrected chi connectivity index (χ4v) is 2.90. The molecule has 0 saturated heterocycles. The normalized spacial score (nSPS) is 12.4. The third-order valence-corrected chi connectivity index (χ3v) is 4.01. The van der Waals surface area contributed by atoms with Gasteiger partial charge in [-0.15, -0.1) is 0 Å². The number of aromatic nitrogens is 1. The Morgan fingerprint density at radius 1 is 1.56 bits per heavy atom. The van der Waals surface area contributed by atoms with Crippen LogP contribution in [0.15, 0.2) is 23.2 Å². The minimum absolute atomic E-state index is 0.0743. The van der Waals surface area contributed by atoms with Crippen LogP contribution in [0, 0.1) is 11.3 Å². The lowest BCUT2D eigenvalue weighted by molar-refractivity contribution is 0.0640. The van der Waals surface area contributed by atoms with Crippen LogP contribution in [0.3, 0.4) is 0 Å². The number of likely N-dealkylation sites (N-methyl/N-ethyl adjacent to an activating group) is 1. The Bertz CT molecular complexity index is 570. The fraction of sp³-hybridized carbons (Fsp3) is 0.455. The summed E-state index contributed by atoms with van der Waals surface area (Å²) in [4.78, 5) is 3.56. The van der Waals surface area contributed by atoms with E-state index in [1.807, 2.05) is 0 Å². The molecule has 1 rings (SSSR count). The van der Waals surface area contributed by atoms with Crippen molar-refractivity contribution < 1.29 is 13.5 Å². The predicted octanol–water partition coefficient (Wildman–Crippen LogP) is 0.345. The largest absolute Gasteiger partial charge is 0.389 e. The molecule has 1 aromatic rings. The molecular formula is C11H15N3O3S. The Morgan fingerprint density at radius 3 is 2.67 bits per heavy atom. The zero-order chi connectivity index (χ0) is 14.0. The molecular weight excluding hydrogens is 254 g/mol. The number of nitriles is 1. The van der Waals surface area contributed by atoms with E-state index in [0.717, 1.165) is 4.31 Å². The second-order valence-corrected chi connectivity index (χ2v) is 6.55. The number of pyridine rings is 1. The summed E-state index contributed by atoms with van der Waals surface area (Å²) >= 11 is 0. The molecule has 0 aliphatic carbocycles. The lowest BCUT2D eigenvalue weighted by atomic mass is 10.1. The molecule has 0 aromatic carbocycles. The van der Waals surface area contributed by atoms with Gasteiger partial charge in [-0.1, -0.05) is 0 Å². The molecule has 0 spiro atoms. The van der Waals surface area contributed by atoms with Crippen LogP contribution in [0.5, 0.6) is 0 Å². The van der Waals surface area contributed by atoms with Crippen molar-refractivity contribution in [3.63, 3.8) is 0 Å². The molecule has 0 radical (unpaired) electrons. The maximum absolute atomic E-state index is 12.2. The van der Waals surface area contributed by atoms with E-state index in [0.29, 0.717) is 0 Å². The van der Waals surface area contributed by atoms with Gasteiger partial charge in [-0.2, -0.15) is 9.57 Å². The average Bonchev–Trinajstić information content (AvgIpc) is 2.26. The van der Waals surface area contributed by atoms with Gasteiger partial charge in [0.05, 0.1) is 5.60 Å². The third-order valence-electron chi connectivity index (χ3n) is 2.17. The molecule has 1 heterocycles. The van der Waals surface area contributed by atoms with Crippen LogP contribution in [0.25, 0.3) is 0 Å². The highest BCUT2D eigenvalue weighted by Gasteiger charge is 2.28. The highest BCUT2D eigenvalue weighted by atomic mass is 32.2. The molecule has 7 heteroatoms. The third kappa shape index (κ3) is 3.26. The van der Waals surface area contributed by atoms with Gasteiger partial charge in [-0.05, 0) is 26.0 Å². The predicted molar refractivity (Wildman–Crippen MR) is 65.1 cm³/mol. The summed E-state index contributed by atoms with van der Waals surface area (Å²) in [5, 5.41) is 18.5. The second kappa shape index (κ2) is 5.02. The zero-order valence-electron chi connectivity index (χ0n) is 10.5. The van der Waals surface area contributed by atoms with Crippen molar-refractivity contribution in [1.82, 2.24) is 9.29 Å². The lowest BCUT2D eigenvalue weighted by Crippen LogP contribution is -2.39. The SMILES string of the molecule is CN(CC(C)(C)O)S(=O)(=O)c1cccnc1C#N. The van der Waals surface area contributed by atoms with Gasteiger partial charge < -0.3 is 5.11 Å². The van der Waals surface area contributed by atoms with Gasteiger partial charge >= 0.3 is 0 Å². The van der Waals surface area contributed by atoms with E-state index in [-0.39, 0.29) is 17.1 Å². The molecule has 18 heavy (non-hydrogen) atoms. The maximum atomic E-state index is 12.2. The van der Waals surface area contributed by atoms with Crippen LogP contribution in [0.4, 0.5) is 0 Å². The van der Waals surface area contributed by atoms with E-state index in [4.69, 9.17) is 5.26 Å². The van der Waals surface area contributed by atoms with Crippen molar-refractivity contribution in [3.8, 4) is 6.07 Å². The Morgan fingerprint density at radius 2 is 2.17 bits per heavy atom. The number of sulfonamides is 1. The molecule has 0 amide bonds. The molecule has 1 N–H and O–H groups in total. The summed E-state index contributed by atoms with van der Waals surface area (Å²) in [5.74, 6) is 0. The zero-order valence-corrected chi connectivity index (χ0v) is 11.3. The number of aliphatic hydroxyl groups is 1. The van der Waals surface area contributed by atoms with E-state index in [2.05, 4.69) is 4.98 Å². The van der Waals surface area contributed by atoms with Crippen LogP contribution < -0.4 is 0 Å². The smallest absolute Gasteiger partial charge is 0.245 e. The van der Waals surface area contributed by atoms with Crippen LogP contribution in [0.1, 0.15) is 19.5 Å². The van der Waals surface area contributed by atoms with Crippen molar-refractivity contribution in [2.24, 2.45) is 0 Å². The van der Waals surface area contributed by atoms with Crippen LogP contribution in [-0.2, 0) is 10.0 Å². The first-order chi connectivity index (χ1) is 8.18. The summed E-state index contributed by atoms with van der Waals surface area (Å²) in [6, 6.07) is 4.51. The van der Waals surface area contributed by atoms with Gasteiger partial charge in [-0.3, -0.25) is 0 Å². The second-order valence-electron chi connectivity index (χ2n) is 4.54. The Balaban J connectivity index is 3.19. The molecule has 98 valence electrons. The van der Waals surface area contributed by atoms with Gasteiger partial charge in [0.2, 0.25) is 10.0 Å². The fourth-order valence-electron chi connectivity index (χ4n) is 1.48. The lowest BCUT2D eigenvalue weighted by Gasteiger charge is -2.25. The highest BCUT2D eigenvalue weighted by Crippen LogP contribution is 2.18. The van der Waals surface area contributed by atoms with E-state index in [1.54, 1.807) is 6.07 Å².